The van der Waals surface area contributed by atoms with Crippen LogP contribution < -0.4 is 10.3 Å². The van der Waals surface area contributed by atoms with Crippen LogP contribution >= 0.6 is 0 Å². The van der Waals surface area contributed by atoms with Crippen LogP contribution in [0.5, 0.6) is 5.88 Å². The van der Waals surface area contributed by atoms with Gasteiger partial charge in [0.2, 0.25) is 5.88 Å². The third-order valence-corrected chi connectivity index (χ3v) is 1.97. The lowest BCUT2D eigenvalue weighted by atomic mass is 10.3. The van der Waals surface area contributed by atoms with Gasteiger partial charge in [-0.25, -0.2) is 4.68 Å². The van der Waals surface area contributed by atoms with Gasteiger partial charge in [0.05, 0.1) is 11.8 Å². The maximum atomic E-state index is 11.6. The van der Waals surface area contributed by atoms with Crippen LogP contribution in [0.4, 0.5) is 0 Å². The standard InChI is InChI=1S/C11H10N2O3/c1-8(14)16-10-7-11(15)13(12-10)9-5-3-2-4-6-9/h2-7,12H,1H3. The average Bonchev–Trinajstić information content (AvgIpc) is 2.60. The number of H-pyrrole nitrogens is 1. The summed E-state index contributed by atoms with van der Waals surface area (Å²) in [5, 5.41) is 2.69. The van der Waals surface area contributed by atoms with Crippen LogP contribution in [0.15, 0.2) is 41.2 Å². The first-order chi connectivity index (χ1) is 7.66. The van der Waals surface area contributed by atoms with Crippen molar-refractivity contribution in [3.05, 3.63) is 46.8 Å². The Balaban J connectivity index is 2.40. The molecule has 1 aromatic carbocycles. The van der Waals surface area contributed by atoms with Gasteiger partial charge in [-0.15, -0.1) is 0 Å². The predicted molar refractivity (Wildman–Crippen MR) is 57.7 cm³/mol. The highest BCUT2D eigenvalue weighted by Crippen LogP contribution is 2.07. The number of rotatable bonds is 2. The SMILES string of the molecule is CC(=O)Oc1cc(=O)n(-c2ccccc2)[nH]1. The molecule has 1 N–H and O–H groups in total. The van der Waals surface area contributed by atoms with E-state index in [9.17, 15) is 9.59 Å². The molecule has 2 rings (SSSR count). The lowest BCUT2D eigenvalue weighted by Gasteiger charge is -2.00. The first-order valence-corrected chi connectivity index (χ1v) is 4.73. The topological polar surface area (TPSA) is 64.1 Å². The van der Waals surface area contributed by atoms with Crippen LogP contribution in [0.3, 0.4) is 0 Å². The predicted octanol–water partition coefficient (Wildman–Crippen LogP) is 1.09. The molecule has 0 fully saturated rings. The number of ether oxygens (including phenoxy) is 1. The van der Waals surface area contributed by atoms with Crippen LogP contribution in [-0.2, 0) is 4.79 Å². The third kappa shape index (κ3) is 2.03. The fourth-order valence-corrected chi connectivity index (χ4v) is 1.35. The minimum atomic E-state index is -0.471. The zero-order valence-electron chi connectivity index (χ0n) is 8.64. The van der Waals surface area contributed by atoms with Crippen LogP contribution in [0.25, 0.3) is 5.69 Å². The largest absolute Gasteiger partial charge is 0.408 e. The summed E-state index contributed by atoms with van der Waals surface area (Å²) in [6.07, 6.45) is 0. The van der Waals surface area contributed by atoms with Crippen molar-refractivity contribution in [1.82, 2.24) is 9.78 Å². The molecule has 16 heavy (non-hydrogen) atoms. The van der Waals surface area contributed by atoms with E-state index in [1.54, 1.807) is 12.1 Å². The Bertz CT molecular complexity index is 554. The number of aromatic amines is 1. The van der Waals surface area contributed by atoms with Gasteiger partial charge in [0.1, 0.15) is 0 Å². The van der Waals surface area contributed by atoms with E-state index in [-0.39, 0.29) is 11.4 Å². The number of para-hydroxylation sites is 1. The summed E-state index contributed by atoms with van der Waals surface area (Å²) in [6, 6.07) is 10.3. The molecule has 0 amide bonds. The second kappa shape index (κ2) is 4.06. The first kappa shape index (κ1) is 10.2. The van der Waals surface area contributed by atoms with E-state index in [2.05, 4.69) is 5.10 Å². The summed E-state index contributed by atoms with van der Waals surface area (Å²) in [5.41, 5.74) is 0.411. The molecular formula is C11H10N2O3. The Morgan fingerprint density at radius 3 is 2.62 bits per heavy atom. The maximum absolute atomic E-state index is 11.6. The minimum absolute atomic E-state index is 0.140. The van der Waals surface area contributed by atoms with Gasteiger partial charge >= 0.3 is 5.97 Å². The van der Waals surface area contributed by atoms with Gasteiger partial charge in [-0.3, -0.25) is 14.7 Å². The van der Waals surface area contributed by atoms with Gasteiger partial charge in [0.25, 0.3) is 5.56 Å². The molecule has 0 radical (unpaired) electrons. The number of benzene rings is 1. The molecule has 0 saturated carbocycles. The minimum Gasteiger partial charge on any atom is -0.408 e. The number of nitrogens with zero attached hydrogens (tertiary/aromatic N) is 1. The summed E-state index contributed by atoms with van der Waals surface area (Å²) in [4.78, 5) is 22.3. The van der Waals surface area contributed by atoms with E-state index in [0.717, 1.165) is 0 Å². The smallest absolute Gasteiger partial charge is 0.309 e. The second-order valence-corrected chi connectivity index (χ2v) is 3.22. The quantitative estimate of drug-likeness (QED) is 0.767. The lowest BCUT2D eigenvalue weighted by molar-refractivity contribution is -0.132. The van der Waals surface area contributed by atoms with Gasteiger partial charge in [0, 0.05) is 6.92 Å². The van der Waals surface area contributed by atoms with Gasteiger partial charge in [0.15, 0.2) is 0 Å². The van der Waals surface area contributed by atoms with E-state index in [1.807, 2.05) is 18.2 Å². The van der Waals surface area contributed by atoms with Crippen LogP contribution in [0, 0.1) is 0 Å². The van der Waals surface area contributed by atoms with Crippen molar-refractivity contribution in [1.29, 1.82) is 0 Å². The van der Waals surface area contributed by atoms with Crippen molar-refractivity contribution in [3.8, 4) is 11.6 Å². The van der Waals surface area contributed by atoms with Crippen molar-refractivity contribution in [2.45, 2.75) is 6.92 Å². The van der Waals surface area contributed by atoms with E-state index >= 15 is 0 Å². The number of esters is 1. The molecule has 0 aliphatic rings. The van der Waals surface area contributed by atoms with Crippen molar-refractivity contribution in [2.75, 3.05) is 0 Å². The molecule has 5 heteroatoms. The number of carbonyl (C=O) groups is 1. The molecule has 0 atom stereocenters. The summed E-state index contributed by atoms with van der Waals surface area (Å²) in [5.74, 6) is -0.331. The highest BCUT2D eigenvalue weighted by Gasteiger charge is 2.06. The molecule has 82 valence electrons. The molecule has 1 aromatic heterocycles. The molecule has 1 heterocycles. The number of nitrogens with one attached hydrogen (secondary N) is 1. The number of carbonyl (C=O) groups excluding carboxylic acids is 1. The van der Waals surface area contributed by atoms with Crippen LogP contribution in [0.2, 0.25) is 0 Å². The van der Waals surface area contributed by atoms with Crippen molar-refractivity contribution < 1.29 is 9.53 Å². The van der Waals surface area contributed by atoms with Gasteiger partial charge in [-0.2, -0.15) is 0 Å². The Labute approximate surface area is 91.3 Å². The molecule has 0 bridgehead atoms. The summed E-state index contributed by atoms with van der Waals surface area (Å²) in [7, 11) is 0. The van der Waals surface area contributed by atoms with Gasteiger partial charge in [-0.05, 0) is 12.1 Å². The highest BCUT2D eigenvalue weighted by atomic mass is 16.5. The van der Waals surface area contributed by atoms with Crippen LogP contribution in [0.1, 0.15) is 6.92 Å². The molecule has 0 aliphatic heterocycles. The Morgan fingerprint density at radius 2 is 2.00 bits per heavy atom. The first-order valence-electron chi connectivity index (χ1n) is 4.73. The lowest BCUT2D eigenvalue weighted by Crippen LogP contribution is -2.13. The fraction of sp³-hybridized carbons (Fsp3) is 0.0909. The molecule has 0 saturated heterocycles. The second-order valence-electron chi connectivity index (χ2n) is 3.22. The van der Waals surface area contributed by atoms with Gasteiger partial charge in [-0.1, -0.05) is 18.2 Å². The fourth-order valence-electron chi connectivity index (χ4n) is 1.35. The summed E-state index contributed by atoms with van der Waals surface area (Å²) < 4.78 is 6.09. The third-order valence-electron chi connectivity index (χ3n) is 1.97. The molecule has 0 aliphatic carbocycles. The normalized spacial score (nSPS) is 10.1. The Kier molecular flexibility index (Phi) is 2.59. The van der Waals surface area contributed by atoms with Crippen molar-refractivity contribution in [2.24, 2.45) is 0 Å². The Hall–Kier alpha value is -2.30. The van der Waals surface area contributed by atoms with Crippen molar-refractivity contribution >= 4 is 5.97 Å². The molecular weight excluding hydrogens is 208 g/mol. The average molecular weight is 218 g/mol. The number of hydrogen-bond acceptors (Lipinski definition) is 3. The Morgan fingerprint density at radius 1 is 1.31 bits per heavy atom. The zero-order valence-corrected chi connectivity index (χ0v) is 8.64. The number of hydrogen-bond donors (Lipinski definition) is 1. The summed E-state index contributed by atoms with van der Waals surface area (Å²) >= 11 is 0. The van der Waals surface area contributed by atoms with E-state index in [1.165, 1.54) is 17.7 Å². The van der Waals surface area contributed by atoms with Crippen LogP contribution in [-0.4, -0.2) is 15.7 Å². The van der Waals surface area contributed by atoms with E-state index in [0.29, 0.717) is 5.69 Å². The van der Waals surface area contributed by atoms with Crippen molar-refractivity contribution in [3.63, 3.8) is 0 Å². The van der Waals surface area contributed by atoms with E-state index < -0.39 is 5.97 Å². The molecule has 5 nitrogen and oxygen atoms in total. The zero-order chi connectivity index (χ0) is 11.5. The van der Waals surface area contributed by atoms with Gasteiger partial charge < -0.3 is 4.74 Å². The molecule has 0 spiro atoms. The monoisotopic (exact) mass is 218 g/mol. The summed E-state index contributed by atoms with van der Waals surface area (Å²) in [6.45, 7) is 1.28. The molecule has 0 unspecified atom stereocenters. The van der Waals surface area contributed by atoms with E-state index in [4.69, 9.17) is 4.74 Å². The highest BCUT2D eigenvalue weighted by molar-refractivity contribution is 5.68. The maximum Gasteiger partial charge on any atom is 0.309 e. The number of aromatic nitrogens is 2. The molecule has 2 aromatic rings.